The van der Waals surface area contributed by atoms with Gasteiger partial charge in [0.2, 0.25) is 0 Å². The van der Waals surface area contributed by atoms with Crippen molar-refractivity contribution in [3.05, 3.63) is 304 Å². The molecule has 1 aliphatic heterocycles. The van der Waals surface area contributed by atoms with Crippen molar-refractivity contribution in [2.45, 2.75) is 64.6 Å². The fraction of sp³-hybridized carbons (Fsp3) is 0.122. The summed E-state index contributed by atoms with van der Waals surface area (Å²) in [4.78, 5) is 5.22. The van der Waals surface area contributed by atoms with Gasteiger partial charge in [0, 0.05) is 27.0 Å². The summed E-state index contributed by atoms with van der Waals surface area (Å²) in [5.74, 6) is 3.33. The van der Waals surface area contributed by atoms with Gasteiger partial charge in [0.1, 0.15) is 11.5 Å². The number of aromatic nitrogens is 4. The number of ether oxygens (including phenoxy) is 2. The Hall–Kier alpha value is -9.87. The van der Waals surface area contributed by atoms with Crippen LogP contribution in [-0.4, -0.2) is 18.7 Å². The molecule has 16 rings (SSSR count). The molecular weight excluding hydrogens is 1270 g/mol. The number of pyridine rings is 1. The van der Waals surface area contributed by atoms with Crippen molar-refractivity contribution in [3.63, 3.8) is 0 Å². The van der Waals surface area contributed by atoms with Crippen molar-refractivity contribution in [1.29, 1.82) is 0 Å². The molecule has 4 heterocycles. The van der Waals surface area contributed by atoms with E-state index in [1.807, 2.05) is 54.6 Å². The summed E-state index contributed by atoms with van der Waals surface area (Å²) >= 11 is 2.52. The SMILES string of the molecule is [2H]C([2H])([2H])c1cc(-n2c3cc(Oc4cccc(-n5[c](=[Pt])n(-c6c(-c7ccccc7)cccc6-c6cc(C(C)(C)C)cc(C(C)(C)C)c6)c6ccccc65)c4)ccc3c3cc4c(cc32)C2(c3ccccc3Oc3ccccc32)c2ccccc2-4)ncc1-c1ccccc1. The third kappa shape index (κ3) is 8.70. The van der Waals surface area contributed by atoms with Gasteiger partial charge in [-0.15, -0.1) is 0 Å². The van der Waals surface area contributed by atoms with Crippen molar-refractivity contribution in [3.8, 4) is 84.7 Å². The van der Waals surface area contributed by atoms with Crippen molar-refractivity contribution in [2.75, 3.05) is 0 Å². The topological polar surface area (TPSA) is 46.1 Å². The predicted octanol–water partition coefficient (Wildman–Crippen LogP) is 21.2. The van der Waals surface area contributed by atoms with Gasteiger partial charge in [-0.3, -0.25) is 0 Å². The number of aryl methyl sites for hydroxylation is 1. The van der Waals surface area contributed by atoms with E-state index in [9.17, 15) is 0 Å². The normalized spacial score (nSPS) is 13.8. The number of hydrogen-bond acceptors (Lipinski definition) is 3. The molecule has 434 valence electrons. The molecule has 11 aromatic carbocycles. The number of benzene rings is 11. The Balaban J connectivity index is 0.881. The first kappa shape index (κ1) is 51.2. The quantitative estimate of drug-likeness (QED) is 0.152. The Morgan fingerprint density at radius 2 is 0.989 bits per heavy atom. The maximum absolute atomic E-state index is 9.00. The van der Waals surface area contributed by atoms with Gasteiger partial charge in [0.05, 0.1) is 5.41 Å². The van der Waals surface area contributed by atoms with Crippen LogP contribution in [0.15, 0.2) is 261 Å². The summed E-state index contributed by atoms with van der Waals surface area (Å²) < 4.78 is 48.7. The van der Waals surface area contributed by atoms with E-state index in [1.165, 1.54) is 22.3 Å². The predicted molar refractivity (Wildman–Crippen MR) is 360 cm³/mol. The van der Waals surface area contributed by atoms with Crippen molar-refractivity contribution in [1.82, 2.24) is 18.7 Å². The molecule has 2 aliphatic rings. The molecule has 0 amide bonds. The molecule has 0 bridgehead atoms. The second kappa shape index (κ2) is 20.6. The van der Waals surface area contributed by atoms with E-state index in [0.29, 0.717) is 22.9 Å². The molecular formula is C82H64N4O2Pt. The second-order valence-electron chi connectivity index (χ2n) is 25.6. The van der Waals surface area contributed by atoms with Gasteiger partial charge in [-0.25, -0.2) is 0 Å². The van der Waals surface area contributed by atoms with Gasteiger partial charge >= 0.3 is 346 Å². The minimum atomic E-state index is -2.46. The Bertz CT molecular complexity index is 5320. The fourth-order valence-corrected chi connectivity index (χ4v) is 15.1. The summed E-state index contributed by atoms with van der Waals surface area (Å²) in [7, 11) is 0. The first-order chi connectivity index (χ1) is 44.4. The molecule has 14 aromatic rings. The molecule has 0 unspecified atom stereocenters. The smallest absolute Gasteiger partial charge is 0.457 e. The van der Waals surface area contributed by atoms with E-state index in [1.54, 1.807) is 12.3 Å². The van der Waals surface area contributed by atoms with Crippen LogP contribution in [-0.2, 0) is 35.6 Å². The number of hydrogen-bond donors (Lipinski definition) is 0. The summed E-state index contributed by atoms with van der Waals surface area (Å²) in [5, 5.41) is 1.96. The Kier molecular flexibility index (Phi) is 11.9. The van der Waals surface area contributed by atoms with Crippen LogP contribution in [0.25, 0.3) is 94.5 Å². The molecule has 7 heteroatoms. The van der Waals surface area contributed by atoms with E-state index >= 15 is 0 Å². The average Bonchev–Trinajstić information content (AvgIpc) is 1.49. The fourth-order valence-electron chi connectivity index (χ4n) is 14.0. The molecule has 0 N–H and O–H groups in total. The van der Waals surface area contributed by atoms with Crippen LogP contribution in [0.2, 0.25) is 0 Å². The van der Waals surface area contributed by atoms with Crippen molar-refractivity contribution < 1.29 is 32.9 Å². The standard InChI is InChI=1S/C82H64N4O2.Pt/c1-52-42-78(83-50-67(52)54-26-12-9-13-27-54)86-74-47-60(40-41-64(74)66-48-65-63-30-14-15-33-68(63)82(71(65)49-75(66)86)69-34-16-20-38-76(69)88-77-39-21-17-35-70(77)82)87-59-29-22-28-58(46-59)84-51-85(73-37-19-18-36-72(73)84)79-61(53-24-10-8-11-25-53)31-23-32-62(79)55-43-56(80(2,3)4)45-57(44-55)81(5,6)7;/h8-50H,1-7H3;/i1D3;. The molecule has 0 saturated carbocycles. The monoisotopic (exact) mass is 1330 g/mol. The Morgan fingerprint density at radius 1 is 0.427 bits per heavy atom. The minimum absolute atomic E-state index is 0.0791. The molecule has 1 aliphatic carbocycles. The summed E-state index contributed by atoms with van der Waals surface area (Å²) in [5.41, 5.74) is 20.3. The van der Waals surface area contributed by atoms with Crippen LogP contribution >= 0.6 is 0 Å². The van der Waals surface area contributed by atoms with E-state index in [4.69, 9.17) is 18.6 Å². The average molecular weight is 1340 g/mol. The van der Waals surface area contributed by atoms with E-state index in [-0.39, 0.29) is 16.4 Å². The van der Waals surface area contributed by atoms with Gasteiger partial charge in [-0.05, 0) is 52.4 Å². The Labute approximate surface area is 534 Å². The molecule has 1 spiro atoms. The van der Waals surface area contributed by atoms with Gasteiger partial charge in [-0.2, -0.15) is 0 Å². The molecule has 0 radical (unpaired) electrons. The van der Waals surface area contributed by atoms with Crippen LogP contribution in [0.5, 0.6) is 23.0 Å². The van der Waals surface area contributed by atoms with Crippen LogP contribution in [0, 0.1) is 10.7 Å². The summed E-state index contributed by atoms with van der Waals surface area (Å²) in [6, 6.07) is 89.4. The second-order valence-corrected chi connectivity index (χ2v) is 26.7. The van der Waals surface area contributed by atoms with E-state index < -0.39 is 12.3 Å². The molecule has 0 fully saturated rings. The number of fused-ring (bicyclic) bond motifs is 13. The zero-order valence-electron chi connectivity index (χ0n) is 53.2. The van der Waals surface area contributed by atoms with Crippen LogP contribution < -0.4 is 9.47 Å². The number of imidazole rings is 1. The van der Waals surface area contributed by atoms with Gasteiger partial charge in [-0.1, -0.05) is 91.0 Å². The van der Waals surface area contributed by atoms with Crippen molar-refractivity contribution >= 4 is 32.8 Å². The van der Waals surface area contributed by atoms with Gasteiger partial charge in [0.15, 0.2) is 0 Å². The first-order valence-corrected chi connectivity index (χ1v) is 31.5. The molecule has 6 nitrogen and oxygen atoms in total. The van der Waals surface area contributed by atoms with Crippen molar-refractivity contribution in [2.24, 2.45) is 0 Å². The Morgan fingerprint density at radius 3 is 1.66 bits per heavy atom. The zero-order valence-corrected chi connectivity index (χ0v) is 52.5. The van der Waals surface area contributed by atoms with Gasteiger partial charge in [0.25, 0.3) is 0 Å². The summed E-state index contributed by atoms with van der Waals surface area (Å²) in [6.07, 6.45) is 1.72. The molecule has 89 heavy (non-hydrogen) atoms. The third-order valence-corrected chi connectivity index (χ3v) is 19.3. The van der Waals surface area contributed by atoms with Crippen LogP contribution in [0.3, 0.4) is 0 Å². The summed E-state index contributed by atoms with van der Waals surface area (Å²) in [6.45, 7) is 11.3. The van der Waals surface area contributed by atoms with E-state index in [2.05, 4.69) is 269 Å². The van der Waals surface area contributed by atoms with E-state index in [0.717, 1.165) is 110 Å². The molecule has 0 saturated heterocycles. The number of nitrogens with zero attached hydrogens (tertiary/aromatic N) is 4. The zero-order chi connectivity index (χ0) is 63.0. The van der Waals surface area contributed by atoms with Crippen LogP contribution in [0.1, 0.15) is 84.6 Å². The maximum atomic E-state index is 9.00. The minimum Gasteiger partial charge on any atom is -0.457 e. The van der Waals surface area contributed by atoms with Crippen LogP contribution in [0.4, 0.5) is 0 Å². The third-order valence-electron chi connectivity index (χ3n) is 18.2. The number of rotatable bonds is 8. The first-order valence-electron chi connectivity index (χ1n) is 31.9. The molecule has 0 atom stereocenters. The van der Waals surface area contributed by atoms with Gasteiger partial charge < -0.3 is 4.74 Å². The number of para-hydroxylation sites is 5. The molecule has 3 aromatic heterocycles.